The van der Waals surface area contributed by atoms with Crippen LogP contribution in [-0.2, 0) is 9.47 Å². The van der Waals surface area contributed by atoms with Gasteiger partial charge in [-0.05, 0) is 6.42 Å². The molecule has 2 heterocycles. The monoisotopic (exact) mass is 240 g/mol. The van der Waals surface area contributed by atoms with E-state index in [-0.39, 0.29) is 12.2 Å². The SMILES string of the molecule is CCC1CC(OC)C(n2ccc(=O)[nH]c2=O)O1. The zero-order chi connectivity index (χ0) is 12.4. The Kier molecular flexibility index (Phi) is 3.44. The zero-order valence-corrected chi connectivity index (χ0v) is 9.88. The molecule has 0 aliphatic carbocycles. The minimum atomic E-state index is -0.471. The maximum absolute atomic E-state index is 11.7. The molecule has 17 heavy (non-hydrogen) atoms. The predicted octanol–water partition coefficient (Wildman–Crippen LogP) is 0.249. The van der Waals surface area contributed by atoms with E-state index in [1.807, 2.05) is 6.92 Å². The first-order valence-electron chi connectivity index (χ1n) is 5.65. The Hall–Kier alpha value is -1.40. The molecule has 1 aromatic rings. The second-order valence-electron chi connectivity index (χ2n) is 4.08. The van der Waals surface area contributed by atoms with Crippen LogP contribution in [0.1, 0.15) is 26.0 Å². The lowest BCUT2D eigenvalue weighted by Crippen LogP contribution is -2.35. The van der Waals surface area contributed by atoms with Crippen molar-refractivity contribution in [1.29, 1.82) is 0 Å². The third kappa shape index (κ3) is 2.32. The lowest BCUT2D eigenvalue weighted by Gasteiger charge is -2.19. The van der Waals surface area contributed by atoms with Gasteiger partial charge in [0.05, 0.1) is 6.10 Å². The van der Waals surface area contributed by atoms with Crippen LogP contribution in [0, 0.1) is 0 Å². The topological polar surface area (TPSA) is 73.3 Å². The summed E-state index contributed by atoms with van der Waals surface area (Å²) in [5.41, 5.74) is -0.883. The zero-order valence-electron chi connectivity index (χ0n) is 9.88. The van der Waals surface area contributed by atoms with Crippen molar-refractivity contribution in [3.63, 3.8) is 0 Å². The molecule has 0 saturated carbocycles. The standard InChI is InChI=1S/C11H16N2O4/c1-3-7-6-8(16-2)10(17-7)13-5-4-9(14)12-11(13)15/h4-5,7-8,10H,3,6H2,1-2H3,(H,12,14,15). The molecule has 0 radical (unpaired) electrons. The van der Waals surface area contributed by atoms with E-state index in [0.717, 1.165) is 12.8 Å². The Morgan fingerprint density at radius 1 is 1.59 bits per heavy atom. The molecule has 6 nitrogen and oxygen atoms in total. The van der Waals surface area contributed by atoms with E-state index < -0.39 is 17.5 Å². The van der Waals surface area contributed by atoms with Crippen molar-refractivity contribution in [2.24, 2.45) is 0 Å². The van der Waals surface area contributed by atoms with Gasteiger partial charge in [-0.3, -0.25) is 14.3 Å². The van der Waals surface area contributed by atoms with Gasteiger partial charge in [0.25, 0.3) is 5.56 Å². The fraction of sp³-hybridized carbons (Fsp3) is 0.636. The van der Waals surface area contributed by atoms with Crippen LogP contribution < -0.4 is 11.2 Å². The number of aromatic nitrogens is 2. The first-order valence-corrected chi connectivity index (χ1v) is 5.65. The summed E-state index contributed by atoms with van der Waals surface area (Å²) in [5.74, 6) is 0. The van der Waals surface area contributed by atoms with Crippen LogP contribution in [-0.4, -0.2) is 28.9 Å². The second-order valence-corrected chi connectivity index (χ2v) is 4.08. The van der Waals surface area contributed by atoms with Crippen molar-refractivity contribution in [2.75, 3.05) is 7.11 Å². The summed E-state index contributed by atoms with van der Waals surface area (Å²) >= 11 is 0. The van der Waals surface area contributed by atoms with E-state index >= 15 is 0 Å². The first-order chi connectivity index (χ1) is 8.15. The van der Waals surface area contributed by atoms with Gasteiger partial charge in [-0.1, -0.05) is 6.92 Å². The van der Waals surface area contributed by atoms with Crippen molar-refractivity contribution in [3.05, 3.63) is 33.1 Å². The number of ether oxygens (including phenoxy) is 2. The predicted molar refractivity (Wildman–Crippen MR) is 60.9 cm³/mol. The highest BCUT2D eigenvalue weighted by molar-refractivity contribution is 4.89. The van der Waals surface area contributed by atoms with Gasteiger partial charge in [0.1, 0.15) is 6.10 Å². The molecule has 1 fully saturated rings. The van der Waals surface area contributed by atoms with Crippen molar-refractivity contribution < 1.29 is 9.47 Å². The fourth-order valence-electron chi connectivity index (χ4n) is 2.06. The molecule has 2 rings (SSSR count). The highest BCUT2D eigenvalue weighted by Gasteiger charge is 2.36. The van der Waals surface area contributed by atoms with Crippen LogP contribution in [0.5, 0.6) is 0 Å². The molecule has 1 saturated heterocycles. The fourth-order valence-corrected chi connectivity index (χ4v) is 2.06. The molecule has 0 bridgehead atoms. The van der Waals surface area contributed by atoms with Gasteiger partial charge < -0.3 is 9.47 Å². The Bertz CT molecular complexity index is 493. The number of hydrogen-bond donors (Lipinski definition) is 1. The van der Waals surface area contributed by atoms with E-state index in [0.29, 0.717) is 0 Å². The smallest absolute Gasteiger partial charge is 0.330 e. The summed E-state index contributed by atoms with van der Waals surface area (Å²) in [6, 6.07) is 1.30. The van der Waals surface area contributed by atoms with Crippen LogP contribution in [0.15, 0.2) is 21.9 Å². The molecule has 0 aromatic carbocycles. The van der Waals surface area contributed by atoms with Crippen molar-refractivity contribution >= 4 is 0 Å². The van der Waals surface area contributed by atoms with E-state index in [4.69, 9.17) is 9.47 Å². The largest absolute Gasteiger partial charge is 0.377 e. The molecule has 1 aliphatic rings. The number of rotatable bonds is 3. The maximum atomic E-state index is 11.7. The summed E-state index contributed by atoms with van der Waals surface area (Å²) in [4.78, 5) is 24.9. The van der Waals surface area contributed by atoms with Gasteiger partial charge in [-0.25, -0.2) is 4.79 Å². The van der Waals surface area contributed by atoms with Gasteiger partial charge in [0.2, 0.25) is 0 Å². The minimum absolute atomic E-state index is 0.0868. The minimum Gasteiger partial charge on any atom is -0.377 e. The number of nitrogens with one attached hydrogen (secondary N) is 1. The van der Waals surface area contributed by atoms with Crippen molar-refractivity contribution in [3.8, 4) is 0 Å². The molecule has 94 valence electrons. The lowest BCUT2D eigenvalue weighted by atomic mass is 10.1. The third-order valence-electron chi connectivity index (χ3n) is 3.03. The van der Waals surface area contributed by atoms with E-state index in [2.05, 4.69) is 4.98 Å². The van der Waals surface area contributed by atoms with Crippen LogP contribution in [0.3, 0.4) is 0 Å². The number of methoxy groups -OCH3 is 1. The van der Waals surface area contributed by atoms with Crippen molar-refractivity contribution in [1.82, 2.24) is 9.55 Å². The Morgan fingerprint density at radius 2 is 2.35 bits per heavy atom. The molecule has 1 aliphatic heterocycles. The molecule has 1 aromatic heterocycles. The third-order valence-corrected chi connectivity index (χ3v) is 3.03. The summed E-state index contributed by atoms with van der Waals surface area (Å²) in [5, 5.41) is 0. The number of H-pyrrole nitrogens is 1. The highest BCUT2D eigenvalue weighted by atomic mass is 16.6. The van der Waals surface area contributed by atoms with Gasteiger partial charge in [-0.2, -0.15) is 0 Å². The highest BCUT2D eigenvalue weighted by Crippen LogP contribution is 2.30. The summed E-state index contributed by atoms with van der Waals surface area (Å²) in [6.07, 6.45) is 2.52. The lowest BCUT2D eigenvalue weighted by molar-refractivity contribution is -0.0527. The summed E-state index contributed by atoms with van der Waals surface area (Å²) in [6.45, 7) is 2.02. The molecule has 6 heteroatoms. The molecule has 3 unspecified atom stereocenters. The van der Waals surface area contributed by atoms with Gasteiger partial charge in [0, 0.05) is 25.8 Å². The van der Waals surface area contributed by atoms with E-state index in [1.54, 1.807) is 7.11 Å². The molecular weight excluding hydrogens is 224 g/mol. The summed E-state index contributed by atoms with van der Waals surface area (Å²) in [7, 11) is 1.59. The van der Waals surface area contributed by atoms with E-state index in [1.165, 1.54) is 16.8 Å². The second kappa shape index (κ2) is 4.85. The normalized spacial score (nSPS) is 28.5. The van der Waals surface area contributed by atoms with Crippen LogP contribution >= 0.6 is 0 Å². The van der Waals surface area contributed by atoms with Gasteiger partial charge >= 0.3 is 5.69 Å². The molecule has 0 spiro atoms. The molecular formula is C11H16N2O4. The van der Waals surface area contributed by atoms with Crippen molar-refractivity contribution in [2.45, 2.75) is 38.2 Å². The quantitative estimate of drug-likeness (QED) is 0.822. The maximum Gasteiger partial charge on any atom is 0.330 e. The number of nitrogens with zero attached hydrogens (tertiary/aromatic N) is 1. The van der Waals surface area contributed by atoms with Gasteiger partial charge in [0.15, 0.2) is 6.23 Å². The molecule has 0 amide bonds. The average molecular weight is 240 g/mol. The van der Waals surface area contributed by atoms with Crippen LogP contribution in [0.25, 0.3) is 0 Å². The molecule has 1 N–H and O–H groups in total. The average Bonchev–Trinajstić information content (AvgIpc) is 2.72. The van der Waals surface area contributed by atoms with Crippen LogP contribution in [0.2, 0.25) is 0 Å². The Labute approximate surface area is 98.2 Å². The number of aromatic amines is 1. The Balaban J connectivity index is 2.32. The van der Waals surface area contributed by atoms with Crippen LogP contribution in [0.4, 0.5) is 0 Å². The first kappa shape index (κ1) is 12.1. The summed E-state index contributed by atoms with van der Waals surface area (Å²) < 4.78 is 12.4. The molecule has 3 atom stereocenters. The Morgan fingerprint density at radius 3 is 2.94 bits per heavy atom. The van der Waals surface area contributed by atoms with Gasteiger partial charge in [-0.15, -0.1) is 0 Å². The van der Waals surface area contributed by atoms with E-state index in [9.17, 15) is 9.59 Å². The number of hydrogen-bond acceptors (Lipinski definition) is 4.